The van der Waals surface area contributed by atoms with Crippen LogP contribution in [0.5, 0.6) is 0 Å². The Labute approximate surface area is 107 Å². The van der Waals surface area contributed by atoms with E-state index in [9.17, 15) is 0 Å². The molecule has 2 aliphatic heterocycles. The molecule has 1 aromatic rings. The lowest BCUT2D eigenvalue weighted by atomic mass is 10.0. The number of morpholine rings is 1. The van der Waals surface area contributed by atoms with E-state index in [4.69, 9.17) is 9.47 Å². The van der Waals surface area contributed by atoms with Gasteiger partial charge < -0.3 is 19.7 Å². The Morgan fingerprint density at radius 3 is 3.17 bits per heavy atom. The minimum absolute atomic E-state index is 0.218. The van der Waals surface area contributed by atoms with Crippen LogP contribution in [0.4, 0.5) is 5.69 Å². The molecule has 2 saturated heterocycles. The maximum atomic E-state index is 5.99. The predicted molar refractivity (Wildman–Crippen MR) is 68.8 cm³/mol. The Morgan fingerprint density at radius 1 is 1.39 bits per heavy atom. The third-order valence-electron chi connectivity index (χ3n) is 3.49. The smallest absolute Gasteiger partial charge is 0.121 e. The highest BCUT2D eigenvalue weighted by Crippen LogP contribution is 2.22. The van der Waals surface area contributed by atoms with Crippen molar-refractivity contribution in [3.8, 4) is 0 Å². The third kappa shape index (κ3) is 2.48. The highest BCUT2D eigenvalue weighted by atomic mass is 16.5. The van der Waals surface area contributed by atoms with Crippen molar-refractivity contribution >= 4 is 5.69 Å². The van der Waals surface area contributed by atoms with E-state index in [1.807, 2.05) is 12.3 Å². The Bertz CT molecular complexity index is 379. The number of hydrogen-bond acceptors (Lipinski definition) is 5. The SMILES string of the molecule is c1cncc(N2CCOC[C@]3(CNCCO3)C2)c1. The summed E-state index contributed by atoms with van der Waals surface area (Å²) >= 11 is 0. The summed E-state index contributed by atoms with van der Waals surface area (Å²) in [5.41, 5.74) is 0.918. The minimum Gasteiger partial charge on any atom is -0.376 e. The fraction of sp³-hybridized carbons (Fsp3) is 0.615. The molecule has 5 heteroatoms. The zero-order valence-corrected chi connectivity index (χ0v) is 10.5. The lowest BCUT2D eigenvalue weighted by molar-refractivity contribution is -0.0975. The summed E-state index contributed by atoms with van der Waals surface area (Å²) in [5.74, 6) is 0. The van der Waals surface area contributed by atoms with Crippen molar-refractivity contribution in [1.82, 2.24) is 10.3 Å². The van der Waals surface area contributed by atoms with E-state index in [0.29, 0.717) is 6.61 Å². The maximum Gasteiger partial charge on any atom is 0.121 e. The second kappa shape index (κ2) is 5.22. The van der Waals surface area contributed by atoms with Crippen LogP contribution < -0.4 is 10.2 Å². The topological polar surface area (TPSA) is 46.6 Å². The van der Waals surface area contributed by atoms with Crippen molar-refractivity contribution in [3.05, 3.63) is 24.5 Å². The van der Waals surface area contributed by atoms with Crippen LogP contribution in [0.2, 0.25) is 0 Å². The minimum atomic E-state index is -0.218. The average molecular weight is 249 g/mol. The highest BCUT2D eigenvalue weighted by molar-refractivity contribution is 5.44. The lowest BCUT2D eigenvalue weighted by Gasteiger charge is -2.39. The molecule has 3 rings (SSSR count). The van der Waals surface area contributed by atoms with Gasteiger partial charge in [-0.25, -0.2) is 0 Å². The van der Waals surface area contributed by atoms with E-state index < -0.39 is 0 Å². The molecule has 0 bridgehead atoms. The molecule has 1 aromatic heterocycles. The fourth-order valence-electron chi connectivity index (χ4n) is 2.57. The molecular formula is C13H19N3O2. The third-order valence-corrected chi connectivity index (χ3v) is 3.49. The summed E-state index contributed by atoms with van der Waals surface area (Å²) in [4.78, 5) is 6.48. The van der Waals surface area contributed by atoms with Crippen molar-refractivity contribution < 1.29 is 9.47 Å². The first-order valence-electron chi connectivity index (χ1n) is 6.45. The maximum absolute atomic E-state index is 5.99. The number of anilines is 1. The molecule has 0 amide bonds. The first kappa shape index (κ1) is 11.9. The number of pyridine rings is 1. The summed E-state index contributed by atoms with van der Waals surface area (Å²) in [6, 6.07) is 4.05. The van der Waals surface area contributed by atoms with Crippen LogP contribution in [-0.2, 0) is 9.47 Å². The van der Waals surface area contributed by atoms with Gasteiger partial charge in [-0.05, 0) is 12.1 Å². The number of ether oxygens (including phenoxy) is 2. The average Bonchev–Trinajstić information content (AvgIpc) is 2.64. The highest BCUT2D eigenvalue weighted by Gasteiger charge is 2.37. The van der Waals surface area contributed by atoms with E-state index in [0.717, 1.165) is 45.1 Å². The molecule has 0 unspecified atom stereocenters. The zero-order chi connectivity index (χ0) is 12.3. The molecule has 2 aliphatic rings. The van der Waals surface area contributed by atoms with Gasteiger partial charge in [0, 0.05) is 25.8 Å². The second-order valence-corrected chi connectivity index (χ2v) is 4.89. The van der Waals surface area contributed by atoms with Crippen LogP contribution in [0, 0.1) is 0 Å². The van der Waals surface area contributed by atoms with Crippen LogP contribution in [-0.4, -0.2) is 56.6 Å². The zero-order valence-electron chi connectivity index (χ0n) is 10.5. The number of hydrogen-bond donors (Lipinski definition) is 1. The molecule has 1 N–H and O–H groups in total. The van der Waals surface area contributed by atoms with Crippen molar-refractivity contribution in [2.75, 3.05) is 50.9 Å². The van der Waals surface area contributed by atoms with Crippen molar-refractivity contribution in [2.24, 2.45) is 0 Å². The van der Waals surface area contributed by atoms with Gasteiger partial charge in [-0.1, -0.05) is 0 Å². The fourth-order valence-corrected chi connectivity index (χ4v) is 2.57. The van der Waals surface area contributed by atoms with E-state index in [-0.39, 0.29) is 5.60 Å². The molecule has 0 saturated carbocycles. The Hall–Kier alpha value is -1.17. The lowest BCUT2D eigenvalue weighted by Crippen LogP contribution is -2.57. The molecule has 98 valence electrons. The van der Waals surface area contributed by atoms with Gasteiger partial charge in [0.2, 0.25) is 0 Å². The normalized spacial score (nSPS) is 29.2. The standard InChI is InChI=1S/C13H19N3O2/c1-2-12(8-14-3-1)16-5-7-17-11-13(10-16)9-15-4-6-18-13/h1-3,8,15H,4-7,9-11H2/t13-/m0/s1. The monoisotopic (exact) mass is 249 g/mol. The molecule has 1 atom stereocenters. The largest absolute Gasteiger partial charge is 0.376 e. The van der Waals surface area contributed by atoms with Gasteiger partial charge in [0.05, 0.1) is 38.2 Å². The summed E-state index contributed by atoms with van der Waals surface area (Å²) in [7, 11) is 0. The molecule has 0 aliphatic carbocycles. The van der Waals surface area contributed by atoms with Gasteiger partial charge in [0.1, 0.15) is 5.60 Å². The molecule has 2 fully saturated rings. The Morgan fingerprint density at radius 2 is 2.39 bits per heavy atom. The first-order valence-corrected chi connectivity index (χ1v) is 6.45. The van der Waals surface area contributed by atoms with Crippen LogP contribution in [0.25, 0.3) is 0 Å². The molecule has 0 radical (unpaired) electrons. The Balaban J connectivity index is 1.78. The van der Waals surface area contributed by atoms with Gasteiger partial charge in [-0.15, -0.1) is 0 Å². The van der Waals surface area contributed by atoms with Gasteiger partial charge in [-0.2, -0.15) is 0 Å². The van der Waals surface area contributed by atoms with E-state index >= 15 is 0 Å². The first-order chi connectivity index (χ1) is 8.88. The second-order valence-electron chi connectivity index (χ2n) is 4.89. The number of aromatic nitrogens is 1. The molecule has 18 heavy (non-hydrogen) atoms. The summed E-state index contributed by atoms with van der Waals surface area (Å²) in [6.07, 6.45) is 3.70. The Kier molecular flexibility index (Phi) is 3.45. The molecule has 5 nitrogen and oxygen atoms in total. The number of nitrogens with one attached hydrogen (secondary N) is 1. The molecular weight excluding hydrogens is 230 g/mol. The molecule has 1 spiro atoms. The van der Waals surface area contributed by atoms with Crippen LogP contribution in [0.3, 0.4) is 0 Å². The van der Waals surface area contributed by atoms with Gasteiger partial charge in [-0.3, -0.25) is 4.98 Å². The van der Waals surface area contributed by atoms with Crippen LogP contribution in [0.1, 0.15) is 0 Å². The summed E-state index contributed by atoms with van der Waals surface area (Å²) in [5, 5.41) is 3.40. The van der Waals surface area contributed by atoms with Gasteiger partial charge >= 0.3 is 0 Å². The summed E-state index contributed by atoms with van der Waals surface area (Å²) < 4.78 is 11.7. The van der Waals surface area contributed by atoms with E-state index in [1.54, 1.807) is 6.20 Å². The molecule has 0 aromatic carbocycles. The summed E-state index contributed by atoms with van der Waals surface area (Å²) in [6.45, 7) is 5.67. The van der Waals surface area contributed by atoms with Crippen molar-refractivity contribution in [1.29, 1.82) is 0 Å². The van der Waals surface area contributed by atoms with E-state index in [1.165, 1.54) is 0 Å². The van der Waals surface area contributed by atoms with Crippen LogP contribution in [0.15, 0.2) is 24.5 Å². The molecule has 3 heterocycles. The van der Waals surface area contributed by atoms with Gasteiger partial charge in [0.15, 0.2) is 0 Å². The van der Waals surface area contributed by atoms with Gasteiger partial charge in [0.25, 0.3) is 0 Å². The number of nitrogens with zero attached hydrogens (tertiary/aromatic N) is 2. The van der Waals surface area contributed by atoms with E-state index in [2.05, 4.69) is 21.3 Å². The van der Waals surface area contributed by atoms with Crippen LogP contribution >= 0.6 is 0 Å². The van der Waals surface area contributed by atoms with Crippen molar-refractivity contribution in [3.63, 3.8) is 0 Å². The predicted octanol–water partition coefficient (Wildman–Crippen LogP) is 0.277. The number of rotatable bonds is 1. The van der Waals surface area contributed by atoms with Crippen molar-refractivity contribution in [2.45, 2.75) is 5.60 Å². The quantitative estimate of drug-likeness (QED) is 0.774.